The molecule has 0 aliphatic heterocycles. The van der Waals surface area contributed by atoms with Crippen molar-refractivity contribution in [3.63, 3.8) is 0 Å². The third kappa shape index (κ3) is 8.76. The third-order valence-corrected chi connectivity index (χ3v) is 3.36. The maximum Gasteiger partial charge on any atom is 0.264 e. The molecule has 0 aliphatic carbocycles. The van der Waals surface area contributed by atoms with Gasteiger partial charge < -0.3 is 30.3 Å². The van der Waals surface area contributed by atoms with Crippen molar-refractivity contribution in [3.05, 3.63) is 0 Å². The molecule has 0 aromatic heterocycles. The first kappa shape index (κ1) is 19.7. The van der Waals surface area contributed by atoms with E-state index in [2.05, 4.69) is 0 Å². The van der Waals surface area contributed by atoms with Crippen LogP contribution in [0.25, 0.3) is 0 Å². The predicted molar refractivity (Wildman–Crippen MR) is 67.6 cm³/mol. The summed E-state index contributed by atoms with van der Waals surface area (Å²) in [7, 11) is -3.99. The van der Waals surface area contributed by atoms with Gasteiger partial charge in [-0.2, -0.15) is 8.42 Å². The number of hydrogen-bond donors (Lipinski definition) is 6. The van der Waals surface area contributed by atoms with Crippen molar-refractivity contribution < 1.29 is 43.2 Å². The van der Waals surface area contributed by atoms with E-state index in [-0.39, 0.29) is 25.4 Å². The Kier molecular flexibility index (Phi) is 9.42. The fourth-order valence-corrected chi connectivity index (χ4v) is 1.92. The monoisotopic (exact) mass is 318 g/mol. The summed E-state index contributed by atoms with van der Waals surface area (Å²) in [5, 5.41) is 45.8. The highest BCUT2D eigenvalue weighted by molar-refractivity contribution is 7.85. The molecule has 0 amide bonds. The molecule has 0 aliphatic rings. The second-order valence-corrected chi connectivity index (χ2v) is 5.94. The summed E-state index contributed by atoms with van der Waals surface area (Å²) in [4.78, 5) is 0. The highest BCUT2D eigenvalue weighted by Crippen LogP contribution is 2.06. The number of unbranched alkanes of at least 4 members (excludes halogenated alkanes) is 1. The van der Waals surface area contributed by atoms with Crippen LogP contribution in [0.2, 0.25) is 0 Å². The van der Waals surface area contributed by atoms with Crippen molar-refractivity contribution in [2.45, 2.75) is 37.3 Å². The van der Waals surface area contributed by atoms with Crippen molar-refractivity contribution in [1.82, 2.24) is 0 Å². The minimum absolute atomic E-state index is 0.0952. The van der Waals surface area contributed by atoms with Crippen LogP contribution in [0.15, 0.2) is 0 Å². The Morgan fingerprint density at radius 3 is 2.00 bits per heavy atom. The Hall–Kier alpha value is -0.330. The van der Waals surface area contributed by atoms with Crippen molar-refractivity contribution in [1.29, 1.82) is 0 Å². The van der Waals surface area contributed by atoms with Crippen LogP contribution in [0, 0.1) is 0 Å². The summed E-state index contributed by atoms with van der Waals surface area (Å²) >= 11 is 0. The van der Waals surface area contributed by atoms with Gasteiger partial charge in [0, 0.05) is 6.61 Å². The molecule has 0 saturated carbocycles. The molecule has 0 radical (unpaired) electrons. The quantitative estimate of drug-likeness (QED) is 0.173. The van der Waals surface area contributed by atoms with Crippen LogP contribution in [0.3, 0.4) is 0 Å². The Balaban J connectivity index is 3.80. The van der Waals surface area contributed by atoms with Crippen LogP contribution >= 0.6 is 0 Å². The number of rotatable bonds is 11. The summed E-state index contributed by atoms with van der Waals surface area (Å²) < 4.78 is 34.2. The van der Waals surface area contributed by atoms with Gasteiger partial charge in [0.05, 0.1) is 19.0 Å². The van der Waals surface area contributed by atoms with Crippen molar-refractivity contribution in [2.75, 3.05) is 25.6 Å². The molecule has 4 atom stereocenters. The molecular weight excluding hydrogens is 296 g/mol. The maximum atomic E-state index is 10.4. The van der Waals surface area contributed by atoms with Gasteiger partial charge in [-0.25, -0.2) is 0 Å². The normalized spacial score (nSPS) is 18.5. The Morgan fingerprint density at radius 2 is 1.50 bits per heavy atom. The lowest BCUT2D eigenvalue weighted by atomic mass is 10.0. The first-order chi connectivity index (χ1) is 9.19. The molecule has 0 spiro atoms. The summed E-state index contributed by atoms with van der Waals surface area (Å²) in [5.41, 5.74) is 0. The lowest BCUT2D eigenvalue weighted by Crippen LogP contribution is -2.47. The average Bonchev–Trinajstić information content (AvgIpc) is 2.38. The highest BCUT2D eigenvalue weighted by Gasteiger charge is 2.29. The van der Waals surface area contributed by atoms with E-state index >= 15 is 0 Å². The van der Waals surface area contributed by atoms with Crippen LogP contribution in [0.1, 0.15) is 12.8 Å². The third-order valence-electron chi connectivity index (χ3n) is 2.55. The Labute approximate surface area is 117 Å². The van der Waals surface area contributed by atoms with Gasteiger partial charge in [0.2, 0.25) is 0 Å². The van der Waals surface area contributed by atoms with Crippen LogP contribution in [-0.4, -0.2) is 88.5 Å². The first-order valence-electron chi connectivity index (χ1n) is 6.05. The van der Waals surface area contributed by atoms with Gasteiger partial charge in [-0.05, 0) is 12.8 Å². The number of hydrogen-bond acceptors (Lipinski definition) is 8. The largest absolute Gasteiger partial charge is 0.394 e. The second-order valence-electron chi connectivity index (χ2n) is 4.37. The Morgan fingerprint density at radius 1 is 0.950 bits per heavy atom. The fraction of sp³-hybridized carbons (Fsp3) is 1.00. The standard InChI is InChI=1S/C10H22O9S/c11-5-7(12)9(14)10(15)8(13)6-19-3-1-2-4-20(16,17)18/h7-15H,1-6H2,(H,16,17,18)/t7-,8+,9-,10-/m1/s1. The van der Waals surface area contributed by atoms with Crippen molar-refractivity contribution in [3.8, 4) is 0 Å². The molecule has 20 heavy (non-hydrogen) atoms. The zero-order valence-corrected chi connectivity index (χ0v) is 11.7. The van der Waals surface area contributed by atoms with Gasteiger partial charge in [0.1, 0.15) is 24.4 Å². The SMILES string of the molecule is O=S(=O)(O)CCCCOC[C@H](O)[C@@H](O)[C@H](O)[C@H](O)CO. The number of aliphatic hydroxyl groups is 5. The lowest BCUT2D eigenvalue weighted by Gasteiger charge is -2.25. The van der Waals surface area contributed by atoms with E-state index in [0.29, 0.717) is 6.42 Å². The average molecular weight is 318 g/mol. The first-order valence-corrected chi connectivity index (χ1v) is 7.66. The van der Waals surface area contributed by atoms with E-state index in [0.717, 1.165) is 0 Å². The highest BCUT2D eigenvalue weighted by atomic mass is 32.2. The van der Waals surface area contributed by atoms with Gasteiger partial charge in [-0.1, -0.05) is 0 Å². The zero-order chi connectivity index (χ0) is 15.8. The van der Waals surface area contributed by atoms with Crippen LogP contribution in [0.5, 0.6) is 0 Å². The van der Waals surface area contributed by atoms with E-state index < -0.39 is 41.1 Å². The zero-order valence-electron chi connectivity index (χ0n) is 10.9. The predicted octanol–water partition coefficient (Wildman–Crippen LogP) is -2.89. The maximum absolute atomic E-state index is 10.4. The minimum Gasteiger partial charge on any atom is -0.394 e. The molecule has 0 saturated heterocycles. The molecule has 122 valence electrons. The summed E-state index contributed by atoms with van der Waals surface area (Å²) in [6.07, 6.45) is -5.93. The summed E-state index contributed by atoms with van der Waals surface area (Å²) in [6.45, 7) is -0.998. The molecule has 0 rings (SSSR count). The molecule has 0 bridgehead atoms. The molecule has 0 fully saturated rings. The molecule has 0 heterocycles. The molecule has 10 heteroatoms. The van der Waals surface area contributed by atoms with E-state index in [1.54, 1.807) is 0 Å². The molecule has 9 nitrogen and oxygen atoms in total. The minimum atomic E-state index is -3.99. The lowest BCUT2D eigenvalue weighted by molar-refractivity contribution is -0.129. The summed E-state index contributed by atoms with van der Waals surface area (Å²) in [5.74, 6) is -0.386. The van der Waals surface area contributed by atoms with Crippen molar-refractivity contribution >= 4 is 10.1 Å². The van der Waals surface area contributed by atoms with E-state index in [1.807, 2.05) is 0 Å². The van der Waals surface area contributed by atoms with E-state index in [4.69, 9.17) is 19.5 Å². The van der Waals surface area contributed by atoms with Gasteiger partial charge in [0.25, 0.3) is 10.1 Å². The fourth-order valence-electron chi connectivity index (χ4n) is 1.35. The molecule has 6 N–H and O–H groups in total. The van der Waals surface area contributed by atoms with Gasteiger partial charge in [-0.3, -0.25) is 4.55 Å². The van der Waals surface area contributed by atoms with E-state index in [1.165, 1.54) is 0 Å². The van der Waals surface area contributed by atoms with Gasteiger partial charge in [0.15, 0.2) is 0 Å². The molecule has 0 unspecified atom stereocenters. The van der Waals surface area contributed by atoms with E-state index in [9.17, 15) is 23.7 Å². The van der Waals surface area contributed by atoms with Gasteiger partial charge in [-0.15, -0.1) is 0 Å². The topological polar surface area (TPSA) is 165 Å². The van der Waals surface area contributed by atoms with Crippen LogP contribution in [-0.2, 0) is 14.9 Å². The molecule has 0 aromatic carbocycles. The molecule has 0 aromatic rings. The van der Waals surface area contributed by atoms with Crippen molar-refractivity contribution in [2.24, 2.45) is 0 Å². The smallest absolute Gasteiger partial charge is 0.264 e. The summed E-state index contributed by atoms with van der Waals surface area (Å²) in [6, 6.07) is 0. The Bertz CT molecular complexity index is 345. The molecular formula is C10H22O9S. The number of ether oxygens (including phenoxy) is 1. The van der Waals surface area contributed by atoms with Crippen LogP contribution in [0.4, 0.5) is 0 Å². The number of aliphatic hydroxyl groups excluding tert-OH is 5. The van der Waals surface area contributed by atoms with Gasteiger partial charge >= 0.3 is 0 Å². The second kappa shape index (κ2) is 9.58. The van der Waals surface area contributed by atoms with Crippen LogP contribution < -0.4 is 0 Å².